The number of hydrogen-bond acceptors (Lipinski definition) is 5. The number of aryl methyl sites for hydroxylation is 1. The minimum Gasteiger partial charge on any atom is -0.378 e. The maximum atomic E-state index is 14.6. The molecule has 152 valence electrons. The van der Waals surface area contributed by atoms with Crippen molar-refractivity contribution in [2.24, 2.45) is 0 Å². The third-order valence-corrected chi connectivity index (χ3v) is 5.79. The van der Waals surface area contributed by atoms with E-state index in [-0.39, 0.29) is 5.82 Å². The molecule has 0 aliphatic carbocycles. The van der Waals surface area contributed by atoms with E-state index in [4.69, 9.17) is 11.6 Å². The van der Waals surface area contributed by atoms with Crippen LogP contribution in [0.25, 0.3) is 0 Å². The van der Waals surface area contributed by atoms with Gasteiger partial charge in [-0.15, -0.1) is 0 Å². The average Bonchev–Trinajstić information content (AvgIpc) is 2.66. The zero-order chi connectivity index (χ0) is 21.2. The second-order valence-electron chi connectivity index (χ2n) is 6.33. The Labute approximate surface area is 172 Å². The van der Waals surface area contributed by atoms with Gasteiger partial charge in [-0.25, -0.2) is 27.2 Å². The highest BCUT2D eigenvalue weighted by atomic mass is 35.5. The maximum absolute atomic E-state index is 14.6. The van der Waals surface area contributed by atoms with Crippen LogP contribution < -0.4 is 10.0 Å². The molecule has 29 heavy (non-hydrogen) atoms. The minimum absolute atomic E-state index is 0.0179. The van der Waals surface area contributed by atoms with Gasteiger partial charge in [0.2, 0.25) is 0 Å². The van der Waals surface area contributed by atoms with E-state index in [2.05, 4.69) is 20.0 Å². The van der Waals surface area contributed by atoms with Crippen LogP contribution in [0.5, 0.6) is 0 Å². The fraction of sp³-hybridized carbons (Fsp3) is 0.158. The van der Waals surface area contributed by atoms with Crippen molar-refractivity contribution in [3.05, 3.63) is 76.7 Å². The van der Waals surface area contributed by atoms with Gasteiger partial charge in [0.05, 0.1) is 6.04 Å². The van der Waals surface area contributed by atoms with E-state index in [0.717, 1.165) is 6.07 Å². The number of hydrogen-bond donors (Lipinski definition) is 2. The number of sulfonamides is 1. The van der Waals surface area contributed by atoms with Crippen LogP contribution in [0, 0.1) is 18.6 Å². The summed E-state index contributed by atoms with van der Waals surface area (Å²) in [6.07, 6.45) is 2.53. The Hall–Kier alpha value is -2.78. The highest BCUT2D eigenvalue weighted by molar-refractivity contribution is 7.92. The van der Waals surface area contributed by atoms with Crippen molar-refractivity contribution in [2.45, 2.75) is 24.8 Å². The van der Waals surface area contributed by atoms with Crippen molar-refractivity contribution in [3.63, 3.8) is 0 Å². The van der Waals surface area contributed by atoms with Gasteiger partial charge < -0.3 is 5.32 Å². The van der Waals surface area contributed by atoms with Crippen LogP contribution in [-0.4, -0.2) is 18.4 Å². The molecular formula is C19H17ClF2N4O2S. The van der Waals surface area contributed by atoms with Crippen molar-refractivity contribution in [1.29, 1.82) is 0 Å². The third kappa shape index (κ3) is 4.80. The van der Waals surface area contributed by atoms with E-state index in [1.807, 2.05) is 0 Å². The van der Waals surface area contributed by atoms with E-state index >= 15 is 0 Å². The van der Waals surface area contributed by atoms with Gasteiger partial charge in [0.25, 0.3) is 10.0 Å². The SMILES string of the molecule is Cc1cc(S(=O)(=O)Nc2ccncn2)c(F)cc1N[C@@H](C)c1cc(Cl)ccc1F. The first-order valence-corrected chi connectivity index (χ1v) is 10.3. The molecule has 0 fully saturated rings. The molecule has 1 atom stereocenters. The number of rotatable bonds is 6. The molecule has 6 nitrogen and oxygen atoms in total. The Balaban J connectivity index is 1.88. The Bertz CT molecular complexity index is 1140. The van der Waals surface area contributed by atoms with Gasteiger partial charge >= 0.3 is 0 Å². The van der Waals surface area contributed by atoms with Crippen LogP contribution in [0.15, 0.2) is 53.8 Å². The lowest BCUT2D eigenvalue weighted by molar-refractivity contribution is 0.569. The fourth-order valence-corrected chi connectivity index (χ4v) is 4.05. The first-order chi connectivity index (χ1) is 13.7. The van der Waals surface area contributed by atoms with E-state index in [1.54, 1.807) is 13.8 Å². The van der Waals surface area contributed by atoms with Gasteiger partial charge in [0.15, 0.2) is 0 Å². The molecular weight excluding hydrogens is 422 g/mol. The van der Waals surface area contributed by atoms with Crippen LogP contribution in [0.4, 0.5) is 20.3 Å². The Kier molecular flexibility index (Phi) is 5.99. The molecule has 0 spiro atoms. The number of anilines is 2. The van der Waals surface area contributed by atoms with Gasteiger partial charge in [-0.1, -0.05) is 11.6 Å². The first kappa shape index (κ1) is 20.9. The zero-order valence-corrected chi connectivity index (χ0v) is 17.0. The summed E-state index contributed by atoms with van der Waals surface area (Å²) in [5.41, 5.74) is 1.10. The number of benzene rings is 2. The van der Waals surface area contributed by atoms with Crippen LogP contribution in [-0.2, 0) is 10.0 Å². The van der Waals surface area contributed by atoms with Crippen molar-refractivity contribution < 1.29 is 17.2 Å². The Morgan fingerprint density at radius 2 is 1.86 bits per heavy atom. The van der Waals surface area contributed by atoms with Crippen LogP contribution in [0.2, 0.25) is 5.02 Å². The molecule has 1 aromatic heterocycles. The number of aromatic nitrogens is 2. The molecule has 0 unspecified atom stereocenters. The summed E-state index contributed by atoms with van der Waals surface area (Å²) in [6, 6.07) is 7.23. The van der Waals surface area contributed by atoms with Crippen LogP contribution in [0.1, 0.15) is 24.1 Å². The number of halogens is 3. The lowest BCUT2D eigenvalue weighted by Crippen LogP contribution is -2.16. The molecule has 0 saturated heterocycles. The average molecular weight is 439 g/mol. The molecule has 3 rings (SSSR count). The number of nitrogens with zero attached hydrogens (tertiary/aromatic N) is 2. The highest BCUT2D eigenvalue weighted by Gasteiger charge is 2.22. The van der Waals surface area contributed by atoms with Gasteiger partial charge in [-0.3, -0.25) is 4.72 Å². The second kappa shape index (κ2) is 8.30. The summed E-state index contributed by atoms with van der Waals surface area (Å²) in [7, 11) is -4.20. The number of nitrogens with one attached hydrogen (secondary N) is 2. The van der Waals surface area contributed by atoms with Crippen molar-refractivity contribution in [1.82, 2.24) is 9.97 Å². The van der Waals surface area contributed by atoms with Crippen LogP contribution >= 0.6 is 11.6 Å². The normalized spacial score (nSPS) is 12.4. The lowest BCUT2D eigenvalue weighted by Gasteiger charge is -2.19. The lowest BCUT2D eigenvalue weighted by atomic mass is 10.1. The predicted octanol–water partition coefficient (Wildman–Crippen LogP) is 4.69. The first-order valence-electron chi connectivity index (χ1n) is 8.48. The van der Waals surface area contributed by atoms with Crippen molar-refractivity contribution in [3.8, 4) is 0 Å². The summed E-state index contributed by atoms with van der Waals surface area (Å²) in [6.45, 7) is 3.31. The highest BCUT2D eigenvalue weighted by Crippen LogP contribution is 2.29. The van der Waals surface area contributed by atoms with E-state index in [0.29, 0.717) is 21.8 Å². The molecule has 1 heterocycles. The third-order valence-electron chi connectivity index (χ3n) is 4.19. The molecule has 0 radical (unpaired) electrons. The summed E-state index contributed by atoms with van der Waals surface area (Å²) < 4.78 is 55.9. The zero-order valence-electron chi connectivity index (χ0n) is 15.4. The second-order valence-corrected chi connectivity index (χ2v) is 8.42. The van der Waals surface area contributed by atoms with Gasteiger partial charge in [0, 0.05) is 22.5 Å². The molecule has 3 aromatic rings. The Morgan fingerprint density at radius 3 is 2.55 bits per heavy atom. The smallest absolute Gasteiger partial charge is 0.265 e. The quantitative estimate of drug-likeness (QED) is 0.583. The van der Waals surface area contributed by atoms with E-state index < -0.39 is 32.6 Å². The van der Waals surface area contributed by atoms with Gasteiger partial charge in [0.1, 0.15) is 28.7 Å². The van der Waals surface area contributed by atoms with Crippen molar-refractivity contribution in [2.75, 3.05) is 10.0 Å². The largest absolute Gasteiger partial charge is 0.378 e. The monoisotopic (exact) mass is 438 g/mol. The molecule has 0 aliphatic rings. The summed E-state index contributed by atoms with van der Waals surface area (Å²) >= 11 is 5.92. The topological polar surface area (TPSA) is 84.0 Å². The molecule has 2 aromatic carbocycles. The molecule has 0 amide bonds. The fourth-order valence-electron chi connectivity index (χ4n) is 2.72. The molecule has 0 saturated carbocycles. The Morgan fingerprint density at radius 1 is 1.10 bits per heavy atom. The summed E-state index contributed by atoms with van der Waals surface area (Å²) in [5.74, 6) is -1.40. The molecule has 10 heteroatoms. The standard InChI is InChI=1S/C19H17ClF2N4O2S/c1-11-7-18(29(27,28)26-19-5-6-23-10-24-19)16(22)9-17(11)25-12(2)14-8-13(20)3-4-15(14)21/h3-10,12,25H,1-2H3,(H,23,24,26)/t12-/m0/s1. The van der Waals surface area contributed by atoms with Gasteiger partial charge in [-0.05, 0) is 55.8 Å². The predicted molar refractivity (Wildman–Crippen MR) is 107 cm³/mol. The molecule has 2 N–H and O–H groups in total. The molecule has 0 aliphatic heterocycles. The van der Waals surface area contributed by atoms with Gasteiger partial charge in [-0.2, -0.15) is 0 Å². The van der Waals surface area contributed by atoms with Crippen molar-refractivity contribution >= 4 is 33.1 Å². The minimum atomic E-state index is -4.20. The van der Waals surface area contributed by atoms with E-state index in [1.165, 1.54) is 42.9 Å². The van der Waals surface area contributed by atoms with E-state index in [9.17, 15) is 17.2 Å². The summed E-state index contributed by atoms with van der Waals surface area (Å²) in [5, 5.41) is 3.36. The van der Waals surface area contributed by atoms with Crippen LogP contribution in [0.3, 0.4) is 0 Å². The molecule has 0 bridgehead atoms. The maximum Gasteiger partial charge on any atom is 0.265 e. The summed E-state index contributed by atoms with van der Waals surface area (Å²) in [4.78, 5) is 6.93.